The number of amides is 1. The van der Waals surface area contributed by atoms with Crippen LogP contribution in [-0.4, -0.2) is 36.6 Å². The molecule has 1 amide bonds. The number of nitro groups is 1. The molecule has 8 nitrogen and oxygen atoms in total. The van der Waals surface area contributed by atoms with Crippen molar-refractivity contribution in [3.05, 3.63) is 63.2 Å². The van der Waals surface area contributed by atoms with Gasteiger partial charge in [0.15, 0.2) is 0 Å². The van der Waals surface area contributed by atoms with Crippen LogP contribution in [0, 0.1) is 24.0 Å². The number of anilines is 1. The van der Waals surface area contributed by atoms with Gasteiger partial charge in [-0.2, -0.15) is 4.31 Å². The Bertz CT molecular complexity index is 1010. The van der Waals surface area contributed by atoms with Crippen LogP contribution < -0.4 is 5.32 Å². The van der Waals surface area contributed by atoms with Crippen LogP contribution in [-0.2, 0) is 10.0 Å². The van der Waals surface area contributed by atoms with E-state index in [1.165, 1.54) is 28.6 Å². The third-order valence-electron chi connectivity index (χ3n) is 4.44. The highest BCUT2D eigenvalue weighted by atomic mass is 32.2. The van der Waals surface area contributed by atoms with Crippen LogP contribution in [0.25, 0.3) is 0 Å². The van der Waals surface area contributed by atoms with Gasteiger partial charge in [-0.3, -0.25) is 14.9 Å². The smallest absolute Gasteiger partial charge is 0.273 e. The maximum atomic E-state index is 12.8. The SMILES string of the molecule is CCN(CC)S(=O)(=O)c1cc(NC(=O)c2ccc(C)c([N+](=O)[O-])c2)ccc1C. The van der Waals surface area contributed by atoms with E-state index < -0.39 is 20.9 Å². The van der Waals surface area contributed by atoms with Crippen molar-refractivity contribution in [3.63, 3.8) is 0 Å². The Hall–Kier alpha value is -2.78. The van der Waals surface area contributed by atoms with Crippen molar-refractivity contribution in [2.75, 3.05) is 18.4 Å². The van der Waals surface area contributed by atoms with Crippen molar-refractivity contribution in [1.29, 1.82) is 0 Å². The molecule has 2 rings (SSSR count). The zero-order valence-corrected chi connectivity index (χ0v) is 17.0. The lowest BCUT2D eigenvalue weighted by atomic mass is 10.1. The lowest BCUT2D eigenvalue weighted by molar-refractivity contribution is -0.385. The maximum absolute atomic E-state index is 12.8. The van der Waals surface area contributed by atoms with Gasteiger partial charge in [-0.05, 0) is 37.6 Å². The minimum atomic E-state index is -3.69. The van der Waals surface area contributed by atoms with Gasteiger partial charge in [0.2, 0.25) is 10.0 Å². The fraction of sp³-hybridized carbons (Fsp3) is 0.316. The Labute approximate surface area is 164 Å². The molecule has 28 heavy (non-hydrogen) atoms. The molecule has 9 heteroatoms. The second kappa shape index (κ2) is 8.49. The Morgan fingerprint density at radius 1 is 1.07 bits per heavy atom. The third kappa shape index (κ3) is 4.37. The fourth-order valence-electron chi connectivity index (χ4n) is 2.81. The van der Waals surface area contributed by atoms with E-state index in [1.807, 2.05) is 0 Å². The van der Waals surface area contributed by atoms with Crippen LogP contribution in [0.2, 0.25) is 0 Å². The summed E-state index contributed by atoms with van der Waals surface area (Å²) in [6, 6.07) is 8.80. The lowest BCUT2D eigenvalue weighted by Crippen LogP contribution is -2.31. The minimum absolute atomic E-state index is 0.115. The van der Waals surface area contributed by atoms with E-state index in [2.05, 4.69) is 5.32 Å². The molecule has 0 atom stereocenters. The summed E-state index contributed by atoms with van der Waals surface area (Å²) < 4.78 is 27.0. The number of carbonyl (C=O) groups is 1. The monoisotopic (exact) mass is 405 g/mol. The number of aryl methyl sites for hydroxylation is 2. The first kappa shape index (κ1) is 21.5. The van der Waals surface area contributed by atoms with Gasteiger partial charge in [0.25, 0.3) is 11.6 Å². The van der Waals surface area contributed by atoms with Crippen LogP contribution >= 0.6 is 0 Å². The lowest BCUT2D eigenvalue weighted by Gasteiger charge is -2.20. The minimum Gasteiger partial charge on any atom is -0.322 e. The Balaban J connectivity index is 2.37. The first-order chi connectivity index (χ1) is 13.1. The highest BCUT2D eigenvalue weighted by Gasteiger charge is 2.24. The zero-order valence-electron chi connectivity index (χ0n) is 16.2. The number of rotatable bonds is 7. The van der Waals surface area contributed by atoms with Gasteiger partial charge >= 0.3 is 0 Å². The molecule has 2 aromatic rings. The molecule has 0 unspecified atom stereocenters. The standard InChI is InChI=1S/C19H23N3O5S/c1-5-21(6-2)28(26,27)18-12-16(10-8-14(18)4)20-19(23)15-9-7-13(3)17(11-15)22(24)25/h7-12H,5-6H2,1-4H3,(H,20,23). The van der Waals surface area contributed by atoms with Crippen molar-refractivity contribution in [2.24, 2.45) is 0 Å². The number of carbonyl (C=O) groups excluding carboxylic acids is 1. The average molecular weight is 405 g/mol. The number of nitrogens with one attached hydrogen (secondary N) is 1. The third-order valence-corrected chi connectivity index (χ3v) is 6.63. The van der Waals surface area contributed by atoms with E-state index in [1.54, 1.807) is 39.8 Å². The fourth-order valence-corrected chi connectivity index (χ4v) is 4.52. The van der Waals surface area contributed by atoms with E-state index in [9.17, 15) is 23.3 Å². The van der Waals surface area contributed by atoms with E-state index in [4.69, 9.17) is 0 Å². The van der Waals surface area contributed by atoms with E-state index >= 15 is 0 Å². The molecule has 0 heterocycles. The molecule has 0 radical (unpaired) electrons. The summed E-state index contributed by atoms with van der Waals surface area (Å²) in [6.45, 7) is 7.46. The summed E-state index contributed by atoms with van der Waals surface area (Å²) in [5.74, 6) is -0.557. The Morgan fingerprint density at radius 2 is 1.68 bits per heavy atom. The number of hydrogen-bond donors (Lipinski definition) is 1. The van der Waals surface area contributed by atoms with Crippen molar-refractivity contribution in [1.82, 2.24) is 4.31 Å². The molecule has 0 fully saturated rings. The molecule has 1 N–H and O–H groups in total. The van der Waals surface area contributed by atoms with E-state index in [-0.39, 0.29) is 16.1 Å². The summed E-state index contributed by atoms with van der Waals surface area (Å²) >= 11 is 0. The van der Waals surface area contributed by atoms with Crippen molar-refractivity contribution in [2.45, 2.75) is 32.6 Å². The topological polar surface area (TPSA) is 110 Å². The van der Waals surface area contributed by atoms with Crippen LogP contribution in [0.5, 0.6) is 0 Å². The van der Waals surface area contributed by atoms with Crippen LogP contribution in [0.3, 0.4) is 0 Å². The predicted molar refractivity (Wildman–Crippen MR) is 107 cm³/mol. The molecule has 0 saturated carbocycles. The highest BCUT2D eigenvalue weighted by molar-refractivity contribution is 7.89. The van der Waals surface area contributed by atoms with Crippen LogP contribution in [0.4, 0.5) is 11.4 Å². The molecule has 150 valence electrons. The summed E-state index contributed by atoms with van der Waals surface area (Å²) in [7, 11) is -3.69. The van der Waals surface area contributed by atoms with Crippen molar-refractivity contribution >= 4 is 27.3 Å². The molecule has 0 aliphatic rings. The molecule has 0 saturated heterocycles. The van der Waals surface area contributed by atoms with Crippen molar-refractivity contribution < 1.29 is 18.1 Å². The predicted octanol–water partition coefficient (Wildman–Crippen LogP) is 3.49. The van der Waals surface area contributed by atoms with Gasteiger partial charge in [-0.1, -0.05) is 26.0 Å². The van der Waals surface area contributed by atoms with Crippen molar-refractivity contribution in [3.8, 4) is 0 Å². The first-order valence-corrected chi connectivity index (χ1v) is 10.2. The molecule has 0 aromatic heterocycles. The summed E-state index contributed by atoms with van der Waals surface area (Å²) in [6.07, 6.45) is 0. The summed E-state index contributed by atoms with van der Waals surface area (Å²) in [4.78, 5) is 23.1. The molecule has 0 spiro atoms. The molecule has 2 aromatic carbocycles. The number of nitrogens with zero attached hydrogens (tertiary/aromatic N) is 2. The van der Waals surface area contributed by atoms with Gasteiger partial charge < -0.3 is 5.32 Å². The molecular formula is C19H23N3O5S. The number of benzene rings is 2. The van der Waals surface area contributed by atoms with Gasteiger partial charge in [-0.15, -0.1) is 0 Å². The summed E-state index contributed by atoms with van der Waals surface area (Å²) in [5.41, 5.74) is 1.28. The van der Waals surface area contributed by atoms with Crippen LogP contribution in [0.15, 0.2) is 41.3 Å². The Morgan fingerprint density at radius 3 is 2.25 bits per heavy atom. The quantitative estimate of drug-likeness (QED) is 0.560. The van der Waals surface area contributed by atoms with Gasteiger partial charge in [-0.25, -0.2) is 8.42 Å². The van der Waals surface area contributed by atoms with Gasteiger partial charge in [0.1, 0.15) is 0 Å². The molecule has 0 aliphatic heterocycles. The first-order valence-electron chi connectivity index (χ1n) is 8.79. The second-order valence-corrected chi connectivity index (χ2v) is 8.19. The average Bonchev–Trinajstić information content (AvgIpc) is 2.64. The molecule has 0 bridgehead atoms. The number of sulfonamides is 1. The number of nitro benzene ring substituents is 1. The van der Waals surface area contributed by atoms with Gasteiger partial charge in [0, 0.05) is 36.0 Å². The maximum Gasteiger partial charge on any atom is 0.273 e. The summed E-state index contributed by atoms with van der Waals surface area (Å²) in [5, 5.41) is 13.7. The Kier molecular flexibility index (Phi) is 6.52. The van der Waals surface area contributed by atoms with Gasteiger partial charge in [0.05, 0.1) is 9.82 Å². The number of hydrogen-bond acceptors (Lipinski definition) is 5. The highest BCUT2D eigenvalue weighted by Crippen LogP contribution is 2.25. The van der Waals surface area contributed by atoms with E-state index in [0.717, 1.165) is 0 Å². The molecule has 0 aliphatic carbocycles. The zero-order chi connectivity index (χ0) is 21.1. The molecular weight excluding hydrogens is 382 g/mol. The van der Waals surface area contributed by atoms with Crippen LogP contribution in [0.1, 0.15) is 35.3 Å². The largest absolute Gasteiger partial charge is 0.322 e. The normalized spacial score (nSPS) is 11.5. The van der Waals surface area contributed by atoms with E-state index in [0.29, 0.717) is 29.9 Å². The second-order valence-electron chi connectivity index (χ2n) is 6.28.